The predicted octanol–water partition coefficient (Wildman–Crippen LogP) is 5.55. The Morgan fingerprint density at radius 1 is 1.00 bits per heavy atom. The molecule has 0 aliphatic rings. The number of hydrogen-bond donors (Lipinski definition) is 2. The summed E-state index contributed by atoms with van der Waals surface area (Å²) in [5.41, 5.74) is 0.654. The molecule has 0 aliphatic carbocycles. The number of alkyl halides is 3. The van der Waals surface area contributed by atoms with Crippen molar-refractivity contribution in [2.75, 3.05) is 17.2 Å². The van der Waals surface area contributed by atoms with E-state index in [1.54, 1.807) is 0 Å². The van der Waals surface area contributed by atoms with E-state index in [9.17, 15) is 13.2 Å². The molecule has 0 aliphatic heterocycles. The maximum absolute atomic E-state index is 12.8. The van der Waals surface area contributed by atoms with E-state index < -0.39 is 11.7 Å². The number of rotatable bonds is 6. The van der Waals surface area contributed by atoms with Crippen molar-refractivity contribution >= 4 is 29.1 Å². The minimum Gasteiger partial charge on any atom is -0.354 e. The summed E-state index contributed by atoms with van der Waals surface area (Å²) in [6.45, 7) is 0.606. The van der Waals surface area contributed by atoms with Crippen molar-refractivity contribution in [3.63, 3.8) is 0 Å². The molecule has 27 heavy (non-hydrogen) atoms. The standard InChI is InChI=1S/C19H16ClF3N4/c20-16-12-25-18(24-10-9-13-5-2-1-3-6-13)27-17(16)26-15-8-4-7-14(11-15)19(21,22)23/h1-8,11-12H,9-10H2,(H2,24,25,26,27). The zero-order valence-corrected chi connectivity index (χ0v) is 14.8. The highest BCUT2D eigenvalue weighted by Gasteiger charge is 2.30. The Kier molecular flexibility index (Phi) is 5.81. The van der Waals surface area contributed by atoms with Crippen molar-refractivity contribution in [1.82, 2.24) is 9.97 Å². The highest BCUT2D eigenvalue weighted by Crippen LogP contribution is 2.32. The lowest BCUT2D eigenvalue weighted by Gasteiger charge is -2.12. The predicted molar refractivity (Wildman–Crippen MR) is 100 cm³/mol. The Bertz CT molecular complexity index is 901. The van der Waals surface area contributed by atoms with Gasteiger partial charge >= 0.3 is 6.18 Å². The normalized spacial score (nSPS) is 11.3. The molecule has 0 fully saturated rings. The van der Waals surface area contributed by atoms with E-state index in [0.29, 0.717) is 12.5 Å². The molecule has 2 N–H and O–H groups in total. The molecule has 1 aromatic heterocycles. The van der Waals surface area contributed by atoms with Gasteiger partial charge < -0.3 is 10.6 Å². The number of nitrogens with one attached hydrogen (secondary N) is 2. The van der Waals surface area contributed by atoms with Crippen molar-refractivity contribution in [3.8, 4) is 0 Å². The third kappa shape index (κ3) is 5.34. The van der Waals surface area contributed by atoms with Gasteiger partial charge in [0.05, 0.1) is 11.8 Å². The largest absolute Gasteiger partial charge is 0.416 e. The number of anilines is 3. The number of hydrogen-bond acceptors (Lipinski definition) is 4. The smallest absolute Gasteiger partial charge is 0.354 e. The van der Waals surface area contributed by atoms with E-state index in [1.165, 1.54) is 23.9 Å². The summed E-state index contributed by atoms with van der Waals surface area (Å²) in [5, 5.41) is 6.10. The van der Waals surface area contributed by atoms with Crippen LogP contribution in [0.3, 0.4) is 0 Å². The second-order valence-electron chi connectivity index (χ2n) is 5.76. The summed E-state index contributed by atoms with van der Waals surface area (Å²) in [6, 6.07) is 14.7. The first-order valence-corrected chi connectivity index (χ1v) is 8.54. The first-order chi connectivity index (χ1) is 12.9. The minimum absolute atomic E-state index is 0.209. The van der Waals surface area contributed by atoms with Gasteiger partial charge in [-0.1, -0.05) is 48.0 Å². The Balaban J connectivity index is 1.68. The summed E-state index contributed by atoms with van der Waals surface area (Å²) in [5.74, 6) is 0.568. The van der Waals surface area contributed by atoms with Gasteiger partial charge in [-0.25, -0.2) is 4.98 Å². The zero-order chi connectivity index (χ0) is 19.3. The molecule has 140 valence electrons. The molecular formula is C19H16ClF3N4. The lowest BCUT2D eigenvalue weighted by atomic mass is 10.1. The van der Waals surface area contributed by atoms with Crippen molar-refractivity contribution < 1.29 is 13.2 Å². The Labute approximate surface area is 159 Å². The molecule has 0 amide bonds. The quantitative estimate of drug-likeness (QED) is 0.577. The average Bonchev–Trinajstić information content (AvgIpc) is 2.65. The molecule has 2 aromatic carbocycles. The number of nitrogens with zero attached hydrogens (tertiary/aromatic N) is 2. The highest BCUT2D eigenvalue weighted by atomic mass is 35.5. The fraction of sp³-hybridized carbons (Fsp3) is 0.158. The van der Waals surface area contributed by atoms with Crippen LogP contribution in [0, 0.1) is 0 Å². The molecule has 0 saturated carbocycles. The van der Waals surface area contributed by atoms with Crippen molar-refractivity contribution in [2.24, 2.45) is 0 Å². The summed E-state index contributed by atoms with van der Waals surface area (Å²) in [7, 11) is 0. The molecule has 0 bridgehead atoms. The van der Waals surface area contributed by atoms with Crippen LogP contribution in [0.4, 0.5) is 30.6 Å². The SMILES string of the molecule is FC(F)(F)c1cccc(Nc2nc(NCCc3ccccc3)ncc2Cl)c1. The van der Waals surface area contributed by atoms with Crippen LogP contribution in [-0.4, -0.2) is 16.5 Å². The Hall–Kier alpha value is -2.80. The zero-order valence-electron chi connectivity index (χ0n) is 14.1. The van der Waals surface area contributed by atoms with Gasteiger partial charge in [0.2, 0.25) is 5.95 Å². The molecule has 3 aromatic rings. The third-order valence-corrected chi connectivity index (χ3v) is 4.01. The van der Waals surface area contributed by atoms with Gasteiger partial charge in [-0.15, -0.1) is 0 Å². The molecule has 0 unspecified atom stereocenters. The second kappa shape index (κ2) is 8.26. The molecular weight excluding hydrogens is 377 g/mol. The minimum atomic E-state index is -4.42. The first kappa shape index (κ1) is 19.0. The summed E-state index contributed by atoms with van der Waals surface area (Å²) in [6.07, 6.45) is -2.24. The lowest BCUT2D eigenvalue weighted by molar-refractivity contribution is -0.137. The van der Waals surface area contributed by atoms with E-state index in [0.717, 1.165) is 18.6 Å². The topological polar surface area (TPSA) is 49.8 Å². The van der Waals surface area contributed by atoms with Gasteiger partial charge in [0.25, 0.3) is 0 Å². The van der Waals surface area contributed by atoms with Crippen LogP contribution in [0.2, 0.25) is 5.02 Å². The molecule has 0 atom stereocenters. The summed E-state index contributed by atoms with van der Waals surface area (Å²) in [4.78, 5) is 8.34. The number of benzene rings is 2. The van der Waals surface area contributed by atoms with E-state index in [4.69, 9.17) is 11.6 Å². The maximum Gasteiger partial charge on any atom is 0.416 e. The van der Waals surface area contributed by atoms with Gasteiger partial charge in [-0.05, 0) is 30.2 Å². The molecule has 0 radical (unpaired) electrons. The maximum atomic E-state index is 12.8. The van der Waals surface area contributed by atoms with Gasteiger partial charge in [0, 0.05) is 12.2 Å². The van der Waals surface area contributed by atoms with Gasteiger partial charge in [-0.3, -0.25) is 0 Å². The van der Waals surface area contributed by atoms with E-state index >= 15 is 0 Å². The van der Waals surface area contributed by atoms with Crippen LogP contribution in [-0.2, 0) is 12.6 Å². The fourth-order valence-electron chi connectivity index (χ4n) is 2.41. The van der Waals surface area contributed by atoms with E-state index in [1.807, 2.05) is 30.3 Å². The fourth-order valence-corrected chi connectivity index (χ4v) is 2.55. The van der Waals surface area contributed by atoms with Gasteiger partial charge in [-0.2, -0.15) is 18.2 Å². The Morgan fingerprint density at radius 2 is 1.78 bits per heavy atom. The van der Waals surface area contributed by atoms with Gasteiger partial charge in [0.15, 0.2) is 5.82 Å². The molecule has 0 saturated heterocycles. The lowest BCUT2D eigenvalue weighted by Crippen LogP contribution is -2.09. The molecule has 4 nitrogen and oxygen atoms in total. The monoisotopic (exact) mass is 392 g/mol. The molecule has 1 heterocycles. The second-order valence-corrected chi connectivity index (χ2v) is 6.16. The van der Waals surface area contributed by atoms with Crippen LogP contribution in [0.5, 0.6) is 0 Å². The highest BCUT2D eigenvalue weighted by molar-refractivity contribution is 6.32. The van der Waals surface area contributed by atoms with Crippen LogP contribution < -0.4 is 10.6 Å². The van der Waals surface area contributed by atoms with Crippen LogP contribution in [0.1, 0.15) is 11.1 Å². The van der Waals surface area contributed by atoms with E-state index in [2.05, 4.69) is 20.6 Å². The van der Waals surface area contributed by atoms with E-state index in [-0.39, 0.29) is 16.5 Å². The summed E-state index contributed by atoms with van der Waals surface area (Å²) >= 11 is 6.07. The molecule has 8 heteroatoms. The number of halogens is 4. The van der Waals surface area contributed by atoms with Gasteiger partial charge in [0.1, 0.15) is 5.02 Å². The van der Waals surface area contributed by atoms with Crippen LogP contribution in [0.15, 0.2) is 60.8 Å². The van der Waals surface area contributed by atoms with Crippen molar-refractivity contribution in [3.05, 3.63) is 76.9 Å². The molecule has 0 spiro atoms. The Morgan fingerprint density at radius 3 is 2.52 bits per heavy atom. The third-order valence-electron chi connectivity index (χ3n) is 3.74. The van der Waals surface area contributed by atoms with Crippen molar-refractivity contribution in [2.45, 2.75) is 12.6 Å². The van der Waals surface area contributed by atoms with Crippen molar-refractivity contribution in [1.29, 1.82) is 0 Å². The van der Waals surface area contributed by atoms with Crippen LogP contribution in [0.25, 0.3) is 0 Å². The summed E-state index contributed by atoms with van der Waals surface area (Å²) < 4.78 is 38.5. The van der Waals surface area contributed by atoms with Crippen LogP contribution >= 0.6 is 11.6 Å². The molecule has 3 rings (SSSR count). The number of aromatic nitrogens is 2. The first-order valence-electron chi connectivity index (χ1n) is 8.16. The average molecular weight is 393 g/mol.